The Morgan fingerprint density at radius 3 is 2.53 bits per heavy atom. The molecule has 1 aliphatic heterocycles. The molecule has 94 valence electrons. The van der Waals surface area contributed by atoms with Gasteiger partial charge in [-0.3, -0.25) is 0 Å². The molecule has 1 saturated heterocycles. The number of thioether (sulfide) groups is 1. The van der Waals surface area contributed by atoms with Crippen LogP contribution in [-0.2, 0) is 0 Å². The smallest absolute Gasteiger partial charge is 0.0559 e. The zero-order chi connectivity index (χ0) is 12.5. The third-order valence-corrected chi connectivity index (χ3v) is 5.81. The van der Waals surface area contributed by atoms with Gasteiger partial charge in [0.15, 0.2) is 0 Å². The highest BCUT2D eigenvalue weighted by Crippen LogP contribution is 2.46. The predicted molar refractivity (Wildman–Crippen MR) is 79.3 cm³/mol. The summed E-state index contributed by atoms with van der Waals surface area (Å²) in [7, 11) is 0. The molecule has 1 unspecified atom stereocenters. The van der Waals surface area contributed by atoms with E-state index in [9.17, 15) is 0 Å². The molecule has 0 aliphatic carbocycles. The maximum atomic E-state index is 2.55. The van der Waals surface area contributed by atoms with Crippen molar-refractivity contribution in [3.63, 3.8) is 0 Å². The summed E-state index contributed by atoms with van der Waals surface area (Å²) < 4.78 is 2.90. The summed E-state index contributed by atoms with van der Waals surface area (Å²) >= 11 is 3.97. The second kappa shape index (κ2) is 5.25. The van der Waals surface area contributed by atoms with E-state index in [0.29, 0.717) is 16.7 Å². The molecule has 1 aromatic carbocycles. The Labute approximate surface area is 113 Å². The van der Waals surface area contributed by atoms with Gasteiger partial charge in [-0.25, -0.2) is 4.31 Å². The molecule has 0 radical (unpaired) electrons. The highest BCUT2D eigenvalue weighted by Gasteiger charge is 2.43. The highest BCUT2D eigenvalue weighted by atomic mass is 32.2. The Hall–Kier alpha value is -0.120. The van der Waals surface area contributed by atoms with Crippen molar-refractivity contribution < 1.29 is 0 Å². The third-order valence-electron chi connectivity index (χ3n) is 3.18. The number of hydrogen-bond acceptors (Lipinski definition) is 3. The van der Waals surface area contributed by atoms with Gasteiger partial charge in [0.1, 0.15) is 0 Å². The SMILES string of the molecule is CC(C)C1N(Sc2ccccc2)CSC1(C)C. The summed E-state index contributed by atoms with van der Waals surface area (Å²) in [4.78, 5) is 1.34. The topological polar surface area (TPSA) is 3.24 Å². The maximum absolute atomic E-state index is 2.55. The Morgan fingerprint density at radius 1 is 1.29 bits per heavy atom. The molecule has 1 aliphatic rings. The number of benzene rings is 1. The van der Waals surface area contributed by atoms with Gasteiger partial charge in [0.05, 0.1) is 5.88 Å². The molecule has 3 heteroatoms. The standard InChI is InChI=1S/C14H21NS2/c1-11(2)13-14(3,4)16-10-15(13)17-12-8-6-5-7-9-12/h5-9,11,13H,10H2,1-4H3. The van der Waals surface area contributed by atoms with Crippen LogP contribution in [0.25, 0.3) is 0 Å². The molecule has 0 bridgehead atoms. The first-order valence-corrected chi connectivity index (χ1v) is 7.90. The van der Waals surface area contributed by atoms with Crippen LogP contribution in [0, 0.1) is 5.92 Å². The molecular weight excluding hydrogens is 246 g/mol. The van der Waals surface area contributed by atoms with Gasteiger partial charge in [0.2, 0.25) is 0 Å². The largest absolute Gasteiger partial charge is 0.232 e. The van der Waals surface area contributed by atoms with Gasteiger partial charge in [0, 0.05) is 15.7 Å². The first-order chi connectivity index (χ1) is 8.00. The average Bonchev–Trinajstić information content (AvgIpc) is 2.55. The van der Waals surface area contributed by atoms with E-state index in [2.05, 4.69) is 74.1 Å². The molecule has 0 spiro atoms. The van der Waals surface area contributed by atoms with Gasteiger partial charge in [-0.05, 0) is 43.8 Å². The minimum absolute atomic E-state index is 0.357. The fourth-order valence-corrected chi connectivity index (χ4v) is 5.37. The monoisotopic (exact) mass is 267 g/mol. The van der Waals surface area contributed by atoms with Crippen molar-refractivity contribution in [3.8, 4) is 0 Å². The van der Waals surface area contributed by atoms with Crippen LogP contribution >= 0.6 is 23.7 Å². The Bertz CT molecular complexity index is 362. The zero-order valence-corrected chi connectivity index (χ0v) is 12.6. The lowest BCUT2D eigenvalue weighted by Crippen LogP contribution is -2.40. The van der Waals surface area contributed by atoms with E-state index in [1.54, 1.807) is 0 Å². The van der Waals surface area contributed by atoms with Crippen molar-refractivity contribution in [3.05, 3.63) is 30.3 Å². The fourth-order valence-electron chi connectivity index (χ4n) is 2.58. The van der Waals surface area contributed by atoms with Crippen LogP contribution in [-0.4, -0.2) is 21.0 Å². The molecule has 17 heavy (non-hydrogen) atoms. The summed E-state index contributed by atoms with van der Waals surface area (Å²) in [6.45, 7) is 9.40. The second-order valence-corrected chi connectivity index (χ2v) is 8.11. The minimum Gasteiger partial charge on any atom is -0.232 e. The Morgan fingerprint density at radius 2 is 1.94 bits per heavy atom. The first-order valence-electron chi connectivity index (χ1n) is 6.14. The Kier molecular flexibility index (Phi) is 4.11. The summed E-state index contributed by atoms with van der Waals surface area (Å²) in [6.07, 6.45) is 0. The van der Waals surface area contributed by atoms with Gasteiger partial charge in [-0.2, -0.15) is 0 Å². The normalized spacial score (nSPS) is 24.4. The molecule has 1 fully saturated rings. The summed E-state index contributed by atoms with van der Waals surface area (Å²) in [6, 6.07) is 11.3. The minimum atomic E-state index is 0.357. The van der Waals surface area contributed by atoms with Crippen molar-refractivity contribution in [2.75, 3.05) is 5.88 Å². The van der Waals surface area contributed by atoms with E-state index >= 15 is 0 Å². The predicted octanol–water partition coefficient (Wildman–Crippen LogP) is 4.50. The molecule has 1 nitrogen and oxygen atoms in total. The van der Waals surface area contributed by atoms with E-state index in [1.807, 2.05) is 11.9 Å². The van der Waals surface area contributed by atoms with Crippen LogP contribution in [0.1, 0.15) is 27.7 Å². The van der Waals surface area contributed by atoms with Crippen molar-refractivity contribution in [1.82, 2.24) is 4.31 Å². The molecule has 0 amide bonds. The molecule has 2 rings (SSSR count). The van der Waals surface area contributed by atoms with Gasteiger partial charge in [0.25, 0.3) is 0 Å². The molecular formula is C14H21NS2. The molecule has 0 N–H and O–H groups in total. The van der Waals surface area contributed by atoms with Crippen LogP contribution in [0.15, 0.2) is 35.2 Å². The molecule has 1 heterocycles. The van der Waals surface area contributed by atoms with Crippen LogP contribution in [0.4, 0.5) is 0 Å². The van der Waals surface area contributed by atoms with Crippen molar-refractivity contribution in [2.45, 2.75) is 43.4 Å². The Balaban J connectivity index is 2.11. The summed E-state index contributed by atoms with van der Waals surface area (Å²) in [5, 5.41) is 0. The lowest BCUT2D eigenvalue weighted by atomic mass is 9.93. The lowest BCUT2D eigenvalue weighted by molar-refractivity contribution is 0.283. The fraction of sp³-hybridized carbons (Fsp3) is 0.571. The quantitative estimate of drug-likeness (QED) is 0.742. The molecule has 0 saturated carbocycles. The average molecular weight is 267 g/mol. The number of hydrogen-bond donors (Lipinski definition) is 0. The lowest BCUT2D eigenvalue weighted by Gasteiger charge is -2.33. The third kappa shape index (κ3) is 3.01. The highest BCUT2D eigenvalue weighted by molar-refractivity contribution is 8.03. The molecule has 1 aromatic rings. The van der Waals surface area contributed by atoms with Crippen molar-refractivity contribution >= 4 is 23.7 Å². The van der Waals surface area contributed by atoms with Crippen molar-refractivity contribution in [2.24, 2.45) is 5.92 Å². The van der Waals surface area contributed by atoms with E-state index < -0.39 is 0 Å². The van der Waals surface area contributed by atoms with E-state index in [4.69, 9.17) is 0 Å². The van der Waals surface area contributed by atoms with Crippen LogP contribution in [0.3, 0.4) is 0 Å². The van der Waals surface area contributed by atoms with Gasteiger partial charge in [-0.15, -0.1) is 11.8 Å². The molecule has 0 aromatic heterocycles. The number of rotatable bonds is 3. The van der Waals surface area contributed by atoms with E-state index in [-0.39, 0.29) is 0 Å². The van der Waals surface area contributed by atoms with Crippen molar-refractivity contribution in [1.29, 1.82) is 0 Å². The van der Waals surface area contributed by atoms with Gasteiger partial charge < -0.3 is 0 Å². The van der Waals surface area contributed by atoms with E-state index in [0.717, 1.165) is 5.88 Å². The maximum Gasteiger partial charge on any atom is 0.0559 e. The van der Waals surface area contributed by atoms with E-state index in [1.165, 1.54) is 4.90 Å². The first kappa shape index (κ1) is 13.3. The summed E-state index contributed by atoms with van der Waals surface area (Å²) in [5.41, 5.74) is 0. The van der Waals surface area contributed by atoms with Gasteiger partial charge >= 0.3 is 0 Å². The van der Waals surface area contributed by atoms with Gasteiger partial charge in [-0.1, -0.05) is 32.0 Å². The van der Waals surface area contributed by atoms with Crippen LogP contribution in [0.5, 0.6) is 0 Å². The number of nitrogens with zero attached hydrogens (tertiary/aromatic N) is 1. The second-order valence-electron chi connectivity index (χ2n) is 5.39. The molecule has 1 atom stereocenters. The zero-order valence-electron chi connectivity index (χ0n) is 11.0. The van der Waals surface area contributed by atoms with Crippen LogP contribution < -0.4 is 0 Å². The van der Waals surface area contributed by atoms with Crippen LogP contribution in [0.2, 0.25) is 0 Å². The summed E-state index contributed by atoms with van der Waals surface area (Å²) in [5.74, 6) is 1.81.